The normalized spacial score (nSPS) is 14.6. The van der Waals surface area contributed by atoms with Gasteiger partial charge in [-0.05, 0) is 61.4 Å². The van der Waals surface area contributed by atoms with Crippen LogP contribution >= 0.6 is 0 Å². The lowest BCUT2D eigenvalue weighted by molar-refractivity contribution is -0.147. The lowest BCUT2D eigenvalue weighted by atomic mass is 9.92. The summed E-state index contributed by atoms with van der Waals surface area (Å²) in [5.41, 5.74) is 3.47. The summed E-state index contributed by atoms with van der Waals surface area (Å²) >= 11 is 0. The van der Waals surface area contributed by atoms with Crippen molar-refractivity contribution in [1.82, 2.24) is 14.4 Å². The van der Waals surface area contributed by atoms with E-state index in [-0.39, 0.29) is 25.5 Å². The Morgan fingerprint density at radius 3 is 2.68 bits per heavy atom. The van der Waals surface area contributed by atoms with Crippen LogP contribution in [0.1, 0.15) is 22.8 Å². The highest BCUT2D eigenvalue weighted by atomic mass is 19.1. The lowest BCUT2D eigenvalue weighted by Crippen LogP contribution is -2.43. The summed E-state index contributed by atoms with van der Waals surface area (Å²) in [6.45, 7) is 2.05. The van der Waals surface area contributed by atoms with Crippen molar-refractivity contribution < 1.29 is 28.2 Å². The van der Waals surface area contributed by atoms with Crippen molar-refractivity contribution in [2.45, 2.75) is 13.3 Å². The third kappa shape index (κ3) is 4.77. The molecule has 38 heavy (non-hydrogen) atoms. The number of ether oxygens (including phenoxy) is 2. The van der Waals surface area contributed by atoms with E-state index in [2.05, 4.69) is 20.0 Å². The van der Waals surface area contributed by atoms with Crippen LogP contribution in [0.25, 0.3) is 16.9 Å². The highest BCUT2D eigenvalue weighted by molar-refractivity contribution is 6.07. The fraction of sp³-hybridized carbons (Fsp3) is 0.222. The fourth-order valence-electron chi connectivity index (χ4n) is 4.49. The largest absolute Gasteiger partial charge is 0.466 e. The first-order chi connectivity index (χ1) is 18.4. The number of fused-ring (bicyclic) bond motifs is 2. The maximum atomic E-state index is 14.0. The number of rotatable bonds is 5. The lowest BCUT2D eigenvalue weighted by Gasteiger charge is -2.33. The number of nitrogens with zero attached hydrogens (tertiary/aromatic N) is 4. The molecule has 0 spiro atoms. The molecule has 194 valence electrons. The van der Waals surface area contributed by atoms with Crippen molar-refractivity contribution in [2.75, 3.05) is 30.5 Å². The van der Waals surface area contributed by atoms with Gasteiger partial charge in [0.05, 0.1) is 37.1 Å². The molecular weight excluding hydrogens is 493 g/mol. The molecule has 11 heteroatoms. The van der Waals surface area contributed by atoms with E-state index < -0.39 is 23.8 Å². The fourth-order valence-corrected chi connectivity index (χ4v) is 4.49. The van der Waals surface area contributed by atoms with E-state index in [0.29, 0.717) is 39.5 Å². The third-order valence-corrected chi connectivity index (χ3v) is 6.29. The van der Waals surface area contributed by atoms with Crippen LogP contribution in [0.2, 0.25) is 0 Å². The smallest absolute Gasteiger partial charge is 0.412 e. The molecule has 10 nitrogen and oxygen atoms in total. The van der Waals surface area contributed by atoms with Crippen LogP contribution in [0, 0.1) is 11.7 Å². The SMILES string of the molecule is CCOC(=O)C1Cc2cc(F)ccc2N(C(=O)c2ccc3ncc(-c4ccc(NC(=O)OC)nc4)n3c2)C1. The van der Waals surface area contributed by atoms with E-state index in [9.17, 15) is 18.8 Å². The summed E-state index contributed by atoms with van der Waals surface area (Å²) in [6, 6.07) is 11.0. The summed E-state index contributed by atoms with van der Waals surface area (Å²) in [4.78, 5) is 47.8. The second kappa shape index (κ2) is 10.3. The van der Waals surface area contributed by atoms with Gasteiger partial charge in [-0.25, -0.2) is 19.2 Å². The maximum Gasteiger partial charge on any atom is 0.412 e. The minimum Gasteiger partial charge on any atom is -0.466 e. The van der Waals surface area contributed by atoms with Crippen molar-refractivity contribution in [3.63, 3.8) is 0 Å². The first-order valence-corrected chi connectivity index (χ1v) is 11.9. The number of hydrogen-bond acceptors (Lipinski definition) is 7. The van der Waals surface area contributed by atoms with Crippen molar-refractivity contribution in [3.8, 4) is 11.3 Å². The molecule has 1 aliphatic heterocycles. The number of pyridine rings is 2. The van der Waals surface area contributed by atoms with E-state index in [0.717, 1.165) is 0 Å². The average Bonchev–Trinajstić information content (AvgIpc) is 3.35. The maximum absolute atomic E-state index is 14.0. The highest BCUT2D eigenvalue weighted by Gasteiger charge is 2.34. The molecule has 5 rings (SSSR count). The zero-order chi connectivity index (χ0) is 26.8. The topological polar surface area (TPSA) is 115 Å². The molecular formula is C27H24FN5O5. The predicted octanol–water partition coefficient (Wildman–Crippen LogP) is 4.10. The minimum atomic E-state index is -0.629. The second-order valence-corrected chi connectivity index (χ2v) is 8.68. The number of carbonyl (C=O) groups is 3. The number of methoxy groups -OCH3 is 1. The van der Waals surface area contributed by atoms with Gasteiger partial charge in [0.25, 0.3) is 5.91 Å². The van der Waals surface area contributed by atoms with Gasteiger partial charge in [-0.1, -0.05) is 0 Å². The van der Waals surface area contributed by atoms with E-state index in [1.165, 1.54) is 24.1 Å². The Morgan fingerprint density at radius 2 is 1.95 bits per heavy atom. The van der Waals surface area contributed by atoms with Gasteiger partial charge >= 0.3 is 12.1 Å². The number of aromatic nitrogens is 3. The van der Waals surface area contributed by atoms with E-state index >= 15 is 0 Å². The minimum absolute atomic E-state index is 0.115. The summed E-state index contributed by atoms with van der Waals surface area (Å²) in [6.07, 6.45) is 4.55. The Hall–Kier alpha value is -4.80. The van der Waals surface area contributed by atoms with Gasteiger partial charge in [0, 0.05) is 30.2 Å². The number of nitrogens with one attached hydrogen (secondary N) is 1. The molecule has 0 fully saturated rings. The Morgan fingerprint density at radius 1 is 1.11 bits per heavy atom. The molecule has 0 saturated heterocycles. The molecule has 4 aromatic rings. The molecule has 2 amide bonds. The van der Waals surface area contributed by atoms with Crippen molar-refractivity contribution in [1.29, 1.82) is 0 Å². The number of esters is 1. The van der Waals surface area contributed by atoms with Crippen molar-refractivity contribution in [2.24, 2.45) is 5.92 Å². The van der Waals surface area contributed by atoms with E-state index in [4.69, 9.17) is 4.74 Å². The van der Waals surface area contributed by atoms with Gasteiger partial charge in [0.1, 0.15) is 17.3 Å². The molecule has 3 aromatic heterocycles. The standard InChI is InChI=1S/C27H24FN5O5/c1-3-38-26(35)19-10-18-11-20(28)6-7-21(18)33(15-19)25(34)17-5-9-24-30-13-22(32(24)14-17)16-4-8-23(29-12-16)31-27(36)37-2/h4-9,11-14,19H,3,10,15H2,1-2H3,(H,29,31,36). The summed E-state index contributed by atoms with van der Waals surface area (Å²) in [5.74, 6) is -1.49. The Balaban J connectivity index is 1.48. The molecule has 0 bridgehead atoms. The number of amides is 2. The predicted molar refractivity (Wildman–Crippen MR) is 136 cm³/mol. The van der Waals surface area contributed by atoms with Crippen molar-refractivity contribution in [3.05, 3.63) is 78.0 Å². The van der Waals surface area contributed by atoms with Gasteiger partial charge < -0.3 is 14.4 Å². The summed E-state index contributed by atoms with van der Waals surface area (Å²) in [7, 11) is 1.26. The summed E-state index contributed by atoms with van der Waals surface area (Å²) in [5, 5.41) is 2.49. The monoisotopic (exact) mass is 517 g/mol. The molecule has 0 radical (unpaired) electrons. The zero-order valence-electron chi connectivity index (χ0n) is 20.7. The molecule has 1 unspecified atom stereocenters. The Kier molecular flexibility index (Phi) is 6.73. The third-order valence-electron chi connectivity index (χ3n) is 6.29. The number of benzene rings is 1. The molecule has 1 atom stereocenters. The Labute approximate surface area is 217 Å². The van der Waals surface area contributed by atoms with E-state index in [1.807, 2.05) is 0 Å². The second-order valence-electron chi connectivity index (χ2n) is 8.68. The van der Waals surface area contributed by atoms with E-state index in [1.54, 1.807) is 60.2 Å². The first-order valence-electron chi connectivity index (χ1n) is 11.9. The van der Waals surface area contributed by atoms with Crippen LogP contribution in [0.3, 0.4) is 0 Å². The van der Waals surface area contributed by atoms with Crippen LogP contribution in [0.5, 0.6) is 0 Å². The van der Waals surface area contributed by atoms with Crippen LogP contribution < -0.4 is 10.2 Å². The summed E-state index contributed by atoms with van der Waals surface area (Å²) < 4.78 is 25.5. The van der Waals surface area contributed by atoms with Crippen LogP contribution in [0.4, 0.5) is 20.7 Å². The molecule has 1 aromatic carbocycles. The number of imidazole rings is 1. The molecule has 0 aliphatic carbocycles. The van der Waals surface area contributed by atoms with Gasteiger partial charge in [-0.15, -0.1) is 0 Å². The number of halogens is 1. The molecule has 1 N–H and O–H groups in total. The Bertz CT molecular complexity index is 1530. The average molecular weight is 518 g/mol. The first kappa shape index (κ1) is 24.9. The van der Waals surface area contributed by atoms with Gasteiger partial charge in [-0.3, -0.25) is 19.3 Å². The zero-order valence-corrected chi connectivity index (χ0v) is 20.7. The van der Waals surface area contributed by atoms with Crippen LogP contribution in [-0.2, 0) is 20.7 Å². The van der Waals surface area contributed by atoms with Gasteiger partial charge in [0.15, 0.2) is 0 Å². The van der Waals surface area contributed by atoms with Gasteiger partial charge in [-0.2, -0.15) is 0 Å². The quantitative estimate of drug-likeness (QED) is 0.397. The molecule has 0 saturated carbocycles. The highest BCUT2D eigenvalue weighted by Crippen LogP contribution is 2.32. The molecule has 1 aliphatic rings. The van der Waals surface area contributed by atoms with Crippen molar-refractivity contribution >= 4 is 35.1 Å². The number of anilines is 2. The van der Waals surface area contributed by atoms with Crippen LogP contribution in [-0.4, -0.2) is 52.6 Å². The number of hydrogen-bond donors (Lipinski definition) is 1. The van der Waals surface area contributed by atoms with Crippen LogP contribution in [0.15, 0.2) is 61.1 Å². The molecule has 4 heterocycles. The van der Waals surface area contributed by atoms with Gasteiger partial charge in [0.2, 0.25) is 0 Å². The number of carbonyl (C=O) groups excluding carboxylic acids is 3.